The van der Waals surface area contributed by atoms with Crippen LogP contribution >= 0.6 is 11.6 Å². The van der Waals surface area contributed by atoms with Gasteiger partial charge in [0.25, 0.3) is 0 Å². The number of hydrogen-bond donors (Lipinski definition) is 1. The minimum atomic E-state index is 0.364. The van der Waals surface area contributed by atoms with Crippen LogP contribution < -0.4 is 5.73 Å². The normalized spacial score (nSPS) is 13.5. The van der Waals surface area contributed by atoms with E-state index in [2.05, 4.69) is 6.92 Å². The molecule has 0 heterocycles. The lowest BCUT2D eigenvalue weighted by atomic mass is 10.1. The van der Waals surface area contributed by atoms with Crippen LogP contribution in [0.4, 0.5) is 0 Å². The summed E-state index contributed by atoms with van der Waals surface area (Å²) in [4.78, 5) is 0. The Morgan fingerprint density at radius 3 is 2.40 bits per heavy atom. The van der Waals surface area contributed by atoms with E-state index in [1.54, 1.807) is 0 Å². The Labute approximate surface area is 68.9 Å². The van der Waals surface area contributed by atoms with Gasteiger partial charge in [-0.2, -0.15) is 0 Å². The molecule has 0 spiro atoms. The van der Waals surface area contributed by atoms with Crippen LogP contribution in [0.2, 0.25) is 0 Å². The quantitative estimate of drug-likeness (QED) is 0.599. The third-order valence-corrected chi connectivity index (χ3v) is 2.03. The van der Waals surface area contributed by atoms with Gasteiger partial charge in [0, 0.05) is 5.38 Å². The minimum absolute atomic E-state index is 0.364. The van der Waals surface area contributed by atoms with Crippen LogP contribution in [0, 0.1) is 0 Å². The molecule has 0 aromatic carbocycles. The summed E-state index contributed by atoms with van der Waals surface area (Å²) >= 11 is 5.98. The highest BCUT2D eigenvalue weighted by atomic mass is 35.5. The van der Waals surface area contributed by atoms with Crippen LogP contribution in [0.1, 0.15) is 39.0 Å². The summed E-state index contributed by atoms with van der Waals surface area (Å²) in [5.74, 6) is 0. The minimum Gasteiger partial charge on any atom is -0.330 e. The summed E-state index contributed by atoms with van der Waals surface area (Å²) in [6, 6.07) is 0. The second kappa shape index (κ2) is 7.36. The lowest BCUT2D eigenvalue weighted by Crippen LogP contribution is -2.04. The molecule has 0 fully saturated rings. The van der Waals surface area contributed by atoms with Crippen molar-refractivity contribution < 1.29 is 0 Å². The highest BCUT2D eigenvalue weighted by Gasteiger charge is 2.01. The van der Waals surface area contributed by atoms with Crippen molar-refractivity contribution >= 4 is 11.6 Å². The van der Waals surface area contributed by atoms with Gasteiger partial charge in [0.2, 0.25) is 0 Å². The lowest BCUT2D eigenvalue weighted by Gasteiger charge is -2.06. The van der Waals surface area contributed by atoms with E-state index in [1.807, 2.05) is 0 Å². The molecular weight excluding hydrogens is 146 g/mol. The molecule has 0 aliphatic carbocycles. The van der Waals surface area contributed by atoms with Gasteiger partial charge in [-0.15, -0.1) is 11.6 Å². The number of unbranched alkanes of at least 4 members (excludes halogenated alkanes) is 1. The molecule has 1 atom stereocenters. The number of halogens is 1. The second-order valence-electron chi connectivity index (χ2n) is 2.67. The average molecular weight is 164 g/mol. The van der Waals surface area contributed by atoms with Crippen molar-refractivity contribution in [1.29, 1.82) is 0 Å². The van der Waals surface area contributed by atoms with Gasteiger partial charge < -0.3 is 5.73 Å². The summed E-state index contributed by atoms with van der Waals surface area (Å²) in [7, 11) is 0. The van der Waals surface area contributed by atoms with Crippen LogP contribution in [0.25, 0.3) is 0 Å². The van der Waals surface area contributed by atoms with Crippen molar-refractivity contribution in [2.24, 2.45) is 5.73 Å². The molecule has 0 aromatic heterocycles. The highest BCUT2D eigenvalue weighted by Crippen LogP contribution is 2.12. The molecule has 0 aliphatic rings. The maximum Gasteiger partial charge on any atom is 0.0336 e. The molecular formula is C8H18ClN. The topological polar surface area (TPSA) is 26.0 Å². The summed E-state index contributed by atoms with van der Waals surface area (Å²) < 4.78 is 0. The van der Waals surface area contributed by atoms with Gasteiger partial charge in [-0.1, -0.05) is 19.8 Å². The zero-order valence-electron chi connectivity index (χ0n) is 6.78. The van der Waals surface area contributed by atoms with E-state index in [-0.39, 0.29) is 0 Å². The first-order valence-corrected chi connectivity index (χ1v) is 4.59. The van der Waals surface area contributed by atoms with Crippen LogP contribution in [-0.4, -0.2) is 11.9 Å². The first kappa shape index (κ1) is 10.2. The summed E-state index contributed by atoms with van der Waals surface area (Å²) in [6.45, 7) is 2.96. The molecule has 0 aromatic rings. The number of rotatable bonds is 6. The standard InChI is InChI=1S/C8H18ClN/c1-2-3-5-8(9)6-4-7-10/h8H,2-7,10H2,1H3. The molecule has 1 nitrogen and oxygen atoms in total. The number of alkyl halides is 1. The highest BCUT2D eigenvalue weighted by molar-refractivity contribution is 6.20. The fourth-order valence-corrected chi connectivity index (χ4v) is 1.22. The molecule has 0 bridgehead atoms. The molecule has 1 unspecified atom stereocenters. The smallest absolute Gasteiger partial charge is 0.0336 e. The Balaban J connectivity index is 3.00. The van der Waals surface area contributed by atoms with Crippen molar-refractivity contribution in [1.82, 2.24) is 0 Å². The first-order chi connectivity index (χ1) is 4.81. The SMILES string of the molecule is CCCCC(Cl)CCCN. The summed E-state index contributed by atoms with van der Waals surface area (Å²) in [5.41, 5.74) is 5.35. The van der Waals surface area contributed by atoms with E-state index in [0.29, 0.717) is 5.38 Å². The van der Waals surface area contributed by atoms with Crippen LogP contribution in [-0.2, 0) is 0 Å². The predicted molar refractivity (Wildman–Crippen MR) is 47.5 cm³/mol. The zero-order valence-corrected chi connectivity index (χ0v) is 7.53. The van der Waals surface area contributed by atoms with E-state index in [1.165, 1.54) is 12.8 Å². The average Bonchev–Trinajstić information content (AvgIpc) is 1.97. The molecule has 2 N–H and O–H groups in total. The molecule has 0 amide bonds. The van der Waals surface area contributed by atoms with Crippen LogP contribution in [0.5, 0.6) is 0 Å². The Kier molecular flexibility index (Phi) is 7.54. The maximum absolute atomic E-state index is 5.98. The molecule has 0 radical (unpaired) electrons. The summed E-state index contributed by atoms with van der Waals surface area (Å²) in [5, 5.41) is 0.364. The van der Waals surface area contributed by atoms with Gasteiger partial charge in [0.1, 0.15) is 0 Å². The molecule has 62 valence electrons. The fraction of sp³-hybridized carbons (Fsp3) is 1.00. The van der Waals surface area contributed by atoms with Crippen LogP contribution in [0.3, 0.4) is 0 Å². The van der Waals surface area contributed by atoms with Gasteiger partial charge in [-0.25, -0.2) is 0 Å². The molecule has 0 rings (SSSR count). The zero-order chi connectivity index (χ0) is 7.82. The van der Waals surface area contributed by atoms with Gasteiger partial charge in [-0.05, 0) is 25.8 Å². The molecule has 0 aliphatic heterocycles. The lowest BCUT2D eigenvalue weighted by molar-refractivity contribution is 0.619. The maximum atomic E-state index is 5.98. The van der Waals surface area contributed by atoms with Gasteiger partial charge in [-0.3, -0.25) is 0 Å². The number of nitrogens with two attached hydrogens (primary N) is 1. The van der Waals surface area contributed by atoms with E-state index in [0.717, 1.165) is 25.8 Å². The third kappa shape index (κ3) is 6.37. The van der Waals surface area contributed by atoms with Gasteiger partial charge in [0.05, 0.1) is 0 Å². The molecule has 10 heavy (non-hydrogen) atoms. The van der Waals surface area contributed by atoms with Crippen molar-refractivity contribution in [2.75, 3.05) is 6.54 Å². The van der Waals surface area contributed by atoms with E-state index < -0.39 is 0 Å². The van der Waals surface area contributed by atoms with Crippen molar-refractivity contribution in [3.63, 3.8) is 0 Å². The van der Waals surface area contributed by atoms with E-state index >= 15 is 0 Å². The Hall–Kier alpha value is 0.250. The fourth-order valence-electron chi connectivity index (χ4n) is 0.909. The Morgan fingerprint density at radius 2 is 1.90 bits per heavy atom. The Morgan fingerprint density at radius 1 is 1.30 bits per heavy atom. The van der Waals surface area contributed by atoms with Crippen molar-refractivity contribution in [3.05, 3.63) is 0 Å². The van der Waals surface area contributed by atoms with Gasteiger partial charge >= 0.3 is 0 Å². The monoisotopic (exact) mass is 163 g/mol. The second-order valence-corrected chi connectivity index (χ2v) is 3.29. The largest absolute Gasteiger partial charge is 0.330 e. The summed E-state index contributed by atoms with van der Waals surface area (Å²) in [6.07, 6.45) is 5.79. The predicted octanol–water partition coefficient (Wildman–Crippen LogP) is 2.52. The van der Waals surface area contributed by atoms with E-state index in [4.69, 9.17) is 17.3 Å². The molecule has 2 heteroatoms. The first-order valence-electron chi connectivity index (χ1n) is 4.15. The van der Waals surface area contributed by atoms with Crippen LogP contribution in [0.15, 0.2) is 0 Å². The van der Waals surface area contributed by atoms with Gasteiger partial charge in [0.15, 0.2) is 0 Å². The Bertz CT molecular complexity index is 58.3. The van der Waals surface area contributed by atoms with Crippen molar-refractivity contribution in [3.8, 4) is 0 Å². The van der Waals surface area contributed by atoms with E-state index in [9.17, 15) is 0 Å². The number of hydrogen-bond acceptors (Lipinski definition) is 1. The third-order valence-electron chi connectivity index (χ3n) is 1.59. The molecule has 0 saturated carbocycles. The van der Waals surface area contributed by atoms with Crippen molar-refractivity contribution in [2.45, 2.75) is 44.4 Å². The molecule has 0 saturated heterocycles.